The van der Waals surface area contributed by atoms with Crippen molar-refractivity contribution in [1.82, 2.24) is 5.32 Å². The zero-order chi connectivity index (χ0) is 11.5. The fraction of sp³-hybridized carbons (Fsp3) is 0.800. The Morgan fingerprint density at radius 3 is 2.40 bits per heavy atom. The summed E-state index contributed by atoms with van der Waals surface area (Å²) in [4.78, 5) is 22.2. The summed E-state index contributed by atoms with van der Waals surface area (Å²) in [6.07, 6.45) is 4.11. The Balaban J connectivity index is 2.43. The van der Waals surface area contributed by atoms with Crippen LogP contribution in [0.5, 0.6) is 0 Å². The predicted molar refractivity (Wildman–Crippen MR) is 56.8 cm³/mol. The van der Waals surface area contributed by atoms with Crippen molar-refractivity contribution >= 4 is 11.8 Å². The maximum absolute atomic E-state index is 11.6. The van der Waals surface area contributed by atoms with Crippen molar-refractivity contribution < 1.29 is 9.59 Å². The van der Waals surface area contributed by atoms with Crippen LogP contribution in [0.3, 0.4) is 0 Å². The highest BCUT2D eigenvalue weighted by Gasteiger charge is 2.31. The molecule has 1 rings (SSSR count). The molecule has 2 amide bonds. The molecule has 1 fully saturated rings. The lowest BCUT2D eigenvalue weighted by Gasteiger charge is -2.26. The summed E-state index contributed by atoms with van der Waals surface area (Å²) in [6.45, 7) is 2.01. The van der Waals surface area contributed by atoms with Crippen LogP contribution in [0.15, 0.2) is 0 Å². The summed E-state index contributed by atoms with van der Waals surface area (Å²) in [5.41, 5.74) is 10.4. The van der Waals surface area contributed by atoms with Gasteiger partial charge in [-0.2, -0.15) is 0 Å². The van der Waals surface area contributed by atoms with Gasteiger partial charge in [0.25, 0.3) is 0 Å². The zero-order valence-corrected chi connectivity index (χ0v) is 9.08. The minimum absolute atomic E-state index is 0.0953. The van der Waals surface area contributed by atoms with Gasteiger partial charge in [-0.3, -0.25) is 9.59 Å². The Labute approximate surface area is 89.6 Å². The van der Waals surface area contributed by atoms with Gasteiger partial charge in [0.15, 0.2) is 0 Å². The molecule has 0 spiro atoms. The minimum Gasteiger partial charge on any atom is -0.370 e. The molecule has 1 aliphatic rings. The molecule has 1 atom stereocenters. The van der Waals surface area contributed by atoms with E-state index < -0.39 is 11.9 Å². The molecule has 0 heterocycles. The summed E-state index contributed by atoms with van der Waals surface area (Å²) in [7, 11) is 0. The first-order valence-electron chi connectivity index (χ1n) is 5.29. The van der Waals surface area contributed by atoms with Crippen LogP contribution in [-0.2, 0) is 9.59 Å². The monoisotopic (exact) mass is 213 g/mol. The largest absolute Gasteiger partial charge is 0.370 e. The second-order valence-corrected chi connectivity index (χ2v) is 4.53. The first kappa shape index (κ1) is 12.0. The van der Waals surface area contributed by atoms with Crippen molar-refractivity contribution in [3.63, 3.8) is 0 Å². The van der Waals surface area contributed by atoms with Gasteiger partial charge in [0, 0.05) is 5.54 Å². The van der Waals surface area contributed by atoms with Crippen molar-refractivity contribution in [1.29, 1.82) is 0 Å². The molecule has 5 N–H and O–H groups in total. The van der Waals surface area contributed by atoms with Crippen molar-refractivity contribution in [3.05, 3.63) is 0 Å². The second kappa shape index (κ2) is 4.61. The molecule has 15 heavy (non-hydrogen) atoms. The SMILES string of the molecule is CC1(NC(=O)C(N)CC(N)=O)CCCC1. The summed E-state index contributed by atoms with van der Waals surface area (Å²) in [5.74, 6) is -0.826. The van der Waals surface area contributed by atoms with Crippen LogP contribution in [0.4, 0.5) is 0 Å². The molecule has 0 aromatic carbocycles. The van der Waals surface area contributed by atoms with Gasteiger partial charge in [0.1, 0.15) is 0 Å². The van der Waals surface area contributed by atoms with E-state index in [1.54, 1.807) is 0 Å². The number of amides is 2. The average molecular weight is 213 g/mol. The Morgan fingerprint density at radius 2 is 1.93 bits per heavy atom. The van der Waals surface area contributed by atoms with E-state index in [1.165, 1.54) is 0 Å². The first-order chi connectivity index (χ1) is 6.93. The quantitative estimate of drug-likeness (QED) is 0.594. The molecule has 1 aliphatic carbocycles. The standard InChI is InChI=1S/C10H19N3O2/c1-10(4-2-3-5-10)13-9(15)7(11)6-8(12)14/h7H,2-6,11H2,1H3,(H2,12,14)(H,13,15). The van der Waals surface area contributed by atoms with Crippen LogP contribution < -0.4 is 16.8 Å². The van der Waals surface area contributed by atoms with Crippen molar-refractivity contribution in [2.75, 3.05) is 0 Å². The van der Waals surface area contributed by atoms with Crippen LogP contribution in [-0.4, -0.2) is 23.4 Å². The van der Waals surface area contributed by atoms with E-state index in [2.05, 4.69) is 5.32 Å². The van der Waals surface area contributed by atoms with Gasteiger partial charge in [-0.1, -0.05) is 12.8 Å². The maximum atomic E-state index is 11.6. The van der Waals surface area contributed by atoms with Gasteiger partial charge in [0.2, 0.25) is 11.8 Å². The fourth-order valence-electron chi connectivity index (χ4n) is 1.98. The number of carbonyl (C=O) groups is 2. The van der Waals surface area contributed by atoms with E-state index in [9.17, 15) is 9.59 Å². The van der Waals surface area contributed by atoms with E-state index in [-0.39, 0.29) is 17.9 Å². The molecule has 0 aromatic rings. The second-order valence-electron chi connectivity index (χ2n) is 4.53. The zero-order valence-electron chi connectivity index (χ0n) is 9.08. The molecule has 1 saturated carbocycles. The Hall–Kier alpha value is -1.10. The molecule has 0 radical (unpaired) electrons. The van der Waals surface area contributed by atoms with E-state index in [0.29, 0.717) is 0 Å². The van der Waals surface area contributed by atoms with Gasteiger partial charge in [0.05, 0.1) is 12.5 Å². The number of rotatable bonds is 4. The summed E-state index contributed by atoms with van der Waals surface area (Å²) in [5, 5.41) is 2.89. The maximum Gasteiger partial charge on any atom is 0.237 e. The molecule has 0 bridgehead atoms. The molecule has 0 saturated heterocycles. The number of primary amides is 1. The van der Waals surface area contributed by atoms with Crippen LogP contribution >= 0.6 is 0 Å². The van der Waals surface area contributed by atoms with Crippen LogP contribution in [0.2, 0.25) is 0 Å². The number of hydrogen-bond acceptors (Lipinski definition) is 3. The molecule has 0 aliphatic heterocycles. The minimum atomic E-state index is -0.820. The Morgan fingerprint density at radius 1 is 1.40 bits per heavy atom. The third kappa shape index (κ3) is 3.51. The number of nitrogens with one attached hydrogen (secondary N) is 1. The molecule has 5 nitrogen and oxygen atoms in total. The Kier molecular flexibility index (Phi) is 3.68. The lowest BCUT2D eigenvalue weighted by molar-refractivity contribution is -0.127. The molecule has 1 unspecified atom stereocenters. The summed E-state index contributed by atoms with van der Waals surface area (Å²) >= 11 is 0. The fourth-order valence-corrected chi connectivity index (χ4v) is 1.98. The number of carbonyl (C=O) groups excluding carboxylic acids is 2. The van der Waals surface area contributed by atoms with E-state index in [0.717, 1.165) is 25.7 Å². The third-order valence-corrected chi connectivity index (χ3v) is 2.89. The lowest BCUT2D eigenvalue weighted by Crippen LogP contribution is -2.51. The highest BCUT2D eigenvalue weighted by molar-refractivity contribution is 5.87. The normalized spacial score (nSPS) is 20.9. The third-order valence-electron chi connectivity index (χ3n) is 2.89. The Bertz CT molecular complexity index is 259. The van der Waals surface area contributed by atoms with Gasteiger partial charge in [-0.25, -0.2) is 0 Å². The number of nitrogens with two attached hydrogens (primary N) is 2. The molecular formula is C10H19N3O2. The van der Waals surface area contributed by atoms with Gasteiger partial charge >= 0.3 is 0 Å². The van der Waals surface area contributed by atoms with Crippen molar-refractivity contribution in [2.45, 2.75) is 50.6 Å². The van der Waals surface area contributed by atoms with Crippen LogP contribution in [0.1, 0.15) is 39.0 Å². The van der Waals surface area contributed by atoms with Gasteiger partial charge < -0.3 is 16.8 Å². The van der Waals surface area contributed by atoms with E-state index in [4.69, 9.17) is 11.5 Å². The van der Waals surface area contributed by atoms with Gasteiger partial charge in [-0.15, -0.1) is 0 Å². The topological polar surface area (TPSA) is 98.2 Å². The lowest BCUT2D eigenvalue weighted by atomic mass is 10.00. The summed E-state index contributed by atoms with van der Waals surface area (Å²) in [6, 6.07) is -0.820. The summed E-state index contributed by atoms with van der Waals surface area (Å²) < 4.78 is 0. The highest BCUT2D eigenvalue weighted by atomic mass is 16.2. The van der Waals surface area contributed by atoms with Crippen molar-refractivity contribution in [2.24, 2.45) is 11.5 Å². The number of hydrogen-bond donors (Lipinski definition) is 3. The van der Waals surface area contributed by atoms with Crippen molar-refractivity contribution in [3.8, 4) is 0 Å². The first-order valence-corrected chi connectivity index (χ1v) is 5.29. The van der Waals surface area contributed by atoms with Crippen LogP contribution in [0.25, 0.3) is 0 Å². The van der Waals surface area contributed by atoms with E-state index in [1.807, 2.05) is 6.92 Å². The molecule has 0 aromatic heterocycles. The molecular weight excluding hydrogens is 194 g/mol. The van der Waals surface area contributed by atoms with Crippen LogP contribution in [0, 0.1) is 0 Å². The average Bonchev–Trinajstić information content (AvgIpc) is 2.50. The molecule has 86 valence electrons. The van der Waals surface area contributed by atoms with Gasteiger partial charge in [-0.05, 0) is 19.8 Å². The highest BCUT2D eigenvalue weighted by Crippen LogP contribution is 2.28. The van der Waals surface area contributed by atoms with E-state index >= 15 is 0 Å². The smallest absolute Gasteiger partial charge is 0.237 e. The molecule has 5 heteroatoms. The predicted octanol–water partition coefficient (Wildman–Crippen LogP) is -0.362.